The van der Waals surface area contributed by atoms with Crippen molar-refractivity contribution in [1.82, 2.24) is 10.6 Å². The smallest absolute Gasteiger partial charge is 0.191 e. The lowest BCUT2D eigenvalue weighted by molar-refractivity contribution is 0.0437. The van der Waals surface area contributed by atoms with Crippen molar-refractivity contribution in [2.45, 2.75) is 25.9 Å². The summed E-state index contributed by atoms with van der Waals surface area (Å²) in [5.41, 5.74) is -0.311. The number of rotatable bonds is 9. The predicted octanol–water partition coefficient (Wildman–Crippen LogP) is 2.71. The second-order valence-corrected chi connectivity index (χ2v) is 6.63. The van der Waals surface area contributed by atoms with Crippen LogP contribution in [0.4, 0.5) is 10.1 Å². The van der Waals surface area contributed by atoms with Crippen LogP contribution in [-0.4, -0.2) is 44.3 Å². The number of guanidine groups is 1. The lowest BCUT2D eigenvalue weighted by atomic mass is 10.0. The summed E-state index contributed by atoms with van der Waals surface area (Å²) in [6.45, 7) is 6.04. The van der Waals surface area contributed by atoms with Gasteiger partial charge in [-0.3, -0.25) is 0 Å². The maximum absolute atomic E-state index is 13.3. The van der Waals surface area contributed by atoms with E-state index in [0.717, 1.165) is 25.2 Å². The van der Waals surface area contributed by atoms with E-state index in [1.807, 2.05) is 24.9 Å². The molecule has 0 spiro atoms. The van der Waals surface area contributed by atoms with Gasteiger partial charge in [0.1, 0.15) is 17.2 Å². The standard InChI is InChI=1S/C20H29FN4O2/c1-4-22-19(24-15-20(2,26)18-10-6-13-27-18)23-11-7-12-25(3)17-9-5-8-16(21)14-17/h5-6,8-10,13-14,26H,4,7,11-12,15H2,1-3H3,(H2,22,23,24). The van der Waals surface area contributed by atoms with Crippen molar-refractivity contribution >= 4 is 11.6 Å². The molecule has 148 valence electrons. The van der Waals surface area contributed by atoms with Crippen LogP contribution in [0.3, 0.4) is 0 Å². The van der Waals surface area contributed by atoms with Crippen LogP contribution in [0, 0.1) is 5.82 Å². The molecule has 0 saturated carbocycles. The summed E-state index contributed by atoms with van der Waals surface area (Å²) < 4.78 is 18.6. The molecule has 7 heteroatoms. The van der Waals surface area contributed by atoms with E-state index in [0.29, 0.717) is 18.3 Å². The van der Waals surface area contributed by atoms with Gasteiger partial charge in [-0.1, -0.05) is 6.07 Å². The van der Waals surface area contributed by atoms with Crippen LogP contribution in [0.5, 0.6) is 0 Å². The molecular formula is C20H29FN4O2. The van der Waals surface area contributed by atoms with E-state index >= 15 is 0 Å². The minimum atomic E-state index is -1.16. The van der Waals surface area contributed by atoms with E-state index in [4.69, 9.17) is 4.42 Å². The molecule has 0 aliphatic rings. The van der Waals surface area contributed by atoms with Gasteiger partial charge in [0.05, 0.1) is 12.8 Å². The Balaban J connectivity index is 1.81. The lowest BCUT2D eigenvalue weighted by Crippen LogP contribution is -2.40. The Hall–Kier alpha value is -2.54. The Labute approximate surface area is 160 Å². The van der Waals surface area contributed by atoms with E-state index in [-0.39, 0.29) is 12.4 Å². The number of nitrogens with one attached hydrogen (secondary N) is 2. The molecule has 1 unspecified atom stereocenters. The Morgan fingerprint density at radius 3 is 2.78 bits per heavy atom. The van der Waals surface area contributed by atoms with Crippen molar-refractivity contribution in [3.8, 4) is 0 Å². The third-order valence-electron chi connectivity index (χ3n) is 4.15. The summed E-state index contributed by atoms with van der Waals surface area (Å²) in [5.74, 6) is 0.888. The minimum absolute atomic E-state index is 0.180. The number of anilines is 1. The maximum Gasteiger partial charge on any atom is 0.191 e. The van der Waals surface area contributed by atoms with Crippen molar-refractivity contribution in [2.24, 2.45) is 4.99 Å². The molecule has 1 atom stereocenters. The molecule has 27 heavy (non-hydrogen) atoms. The van der Waals surface area contributed by atoms with Gasteiger partial charge in [0.2, 0.25) is 0 Å². The normalized spacial score (nSPS) is 13.9. The Kier molecular flexibility index (Phi) is 7.67. The fourth-order valence-corrected chi connectivity index (χ4v) is 2.60. The first-order valence-electron chi connectivity index (χ1n) is 9.17. The van der Waals surface area contributed by atoms with Gasteiger partial charge < -0.3 is 25.1 Å². The Morgan fingerprint density at radius 2 is 2.11 bits per heavy atom. The number of nitrogens with zero attached hydrogens (tertiary/aromatic N) is 2. The molecule has 0 amide bonds. The second-order valence-electron chi connectivity index (χ2n) is 6.63. The SMILES string of the molecule is CCNC(=NCC(C)(O)c1ccco1)NCCCN(C)c1cccc(F)c1. The molecule has 1 heterocycles. The van der Waals surface area contributed by atoms with Crippen LogP contribution in [0.2, 0.25) is 0 Å². The number of benzene rings is 1. The molecule has 2 aromatic rings. The van der Waals surface area contributed by atoms with E-state index in [1.54, 1.807) is 25.1 Å². The summed E-state index contributed by atoms with van der Waals surface area (Å²) >= 11 is 0. The number of hydrogen-bond donors (Lipinski definition) is 3. The molecule has 6 nitrogen and oxygen atoms in total. The third-order valence-corrected chi connectivity index (χ3v) is 4.15. The van der Waals surface area contributed by atoms with E-state index in [9.17, 15) is 9.50 Å². The average Bonchev–Trinajstić information content (AvgIpc) is 3.18. The first kappa shape index (κ1) is 20.8. The van der Waals surface area contributed by atoms with Gasteiger partial charge in [0.25, 0.3) is 0 Å². The van der Waals surface area contributed by atoms with Crippen molar-refractivity contribution in [3.05, 3.63) is 54.2 Å². The van der Waals surface area contributed by atoms with Gasteiger partial charge in [-0.15, -0.1) is 0 Å². The first-order chi connectivity index (χ1) is 12.9. The minimum Gasteiger partial charge on any atom is -0.466 e. The summed E-state index contributed by atoms with van der Waals surface area (Å²) in [5, 5.41) is 16.9. The van der Waals surface area contributed by atoms with Crippen LogP contribution >= 0.6 is 0 Å². The molecule has 0 fully saturated rings. The maximum atomic E-state index is 13.3. The first-order valence-corrected chi connectivity index (χ1v) is 9.17. The highest BCUT2D eigenvalue weighted by molar-refractivity contribution is 5.79. The zero-order valence-electron chi connectivity index (χ0n) is 16.2. The number of hydrogen-bond acceptors (Lipinski definition) is 4. The van der Waals surface area contributed by atoms with Gasteiger partial charge in [0, 0.05) is 32.4 Å². The van der Waals surface area contributed by atoms with Gasteiger partial charge in [0.15, 0.2) is 5.96 Å². The van der Waals surface area contributed by atoms with E-state index in [2.05, 4.69) is 15.6 Å². The second kappa shape index (κ2) is 9.97. The fraction of sp³-hybridized carbons (Fsp3) is 0.450. The topological polar surface area (TPSA) is 73.0 Å². The largest absolute Gasteiger partial charge is 0.466 e. The zero-order valence-corrected chi connectivity index (χ0v) is 16.2. The van der Waals surface area contributed by atoms with Crippen molar-refractivity contribution in [3.63, 3.8) is 0 Å². The molecule has 0 saturated heterocycles. The highest BCUT2D eigenvalue weighted by atomic mass is 19.1. The van der Waals surface area contributed by atoms with Crippen LogP contribution in [0.15, 0.2) is 52.1 Å². The lowest BCUT2D eigenvalue weighted by Gasteiger charge is -2.21. The Morgan fingerprint density at radius 1 is 1.30 bits per heavy atom. The third kappa shape index (κ3) is 6.60. The zero-order chi connectivity index (χ0) is 19.7. The number of aliphatic imine (C=N–C) groups is 1. The molecule has 0 bridgehead atoms. The molecular weight excluding hydrogens is 347 g/mol. The monoisotopic (exact) mass is 376 g/mol. The van der Waals surface area contributed by atoms with Gasteiger partial charge in [-0.25, -0.2) is 9.38 Å². The quantitative estimate of drug-likeness (QED) is 0.357. The van der Waals surface area contributed by atoms with Crippen LogP contribution in [0.25, 0.3) is 0 Å². The van der Waals surface area contributed by atoms with Gasteiger partial charge >= 0.3 is 0 Å². The van der Waals surface area contributed by atoms with E-state index in [1.165, 1.54) is 18.4 Å². The molecule has 0 radical (unpaired) electrons. The molecule has 1 aromatic heterocycles. The van der Waals surface area contributed by atoms with Crippen LogP contribution in [-0.2, 0) is 5.60 Å². The molecule has 3 N–H and O–H groups in total. The van der Waals surface area contributed by atoms with Crippen molar-refractivity contribution in [2.75, 3.05) is 38.1 Å². The molecule has 0 aliphatic heterocycles. The predicted molar refractivity (Wildman–Crippen MR) is 107 cm³/mol. The van der Waals surface area contributed by atoms with Crippen LogP contribution < -0.4 is 15.5 Å². The number of halogens is 1. The molecule has 1 aromatic carbocycles. The number of aliphatic hydroxyl groups is 1. The van der Waals surface area contributed by atoms with Crippen molar-refractivity contribution < 1.29 is 13.9 Å². The van der Waals surface area contributed by atoms with E-state index < -0.39 is 5.60 Å². The van der Waals surface area contributed by atoms with Gasteiger partial charge in [-0.2, -0.15) is 0 Å². The Bertz CT molecular complexity index is 717. The molecule has 2 rings (SSSR count). The summed E-state index contributed by atoms with van der Waals surface area (Å²) in [7, 11) is 1.94. The summed E-state index contributed by atoms with van der Waals surface area (Å²) in [6, 6.07) is 10.0. The van der Waals surface area contributed by atoms with Gasteiger partial charge in [-0.05, 0) is 50.6 Å². The number of furan rings is 1. The molecule has 0 aliphatic carbocycles. The summed E-state index contributed by atoms with van der Waals surface area (Å²) in [6.07, 6.45) is 2.39. The van der Waals surface area contributed by atoms with Crippen molar-refractivity contribution in [1.29, 1.82) is 0 Å². The average molecular weight is 376 g/mol. The fourth-order valence-electron chi connectivity index (χ4n) is 2.60. The van der Waals surface area contributed by atoms with Crippen LogP contribution in [0.1, 0.15) is 26.0 Å². The highest BCUT2D eigenvalue weighted by Gasteiger charge is 2.26. The highest BCUT2D eigenvalue weighted by Crippen LogP contribution is 2.21. The summed E-state index contributed by atoms with van der Waals surface area (Å²) in [4.78, 5) is 6.46.